The van der Waals surface area contributed by atoms with Gasteiger partial charge in [0.2, 0.25) is 0 Å². The third-order valence-electron chi connectivity index (χ3n) is 2.16. The second kappa shape index (κ2) is 3.55. The number of hydrogen-bond donors (Lipinski definition) is 2. The first kappa shape index (κ1) is 10.5. The number of hydrogen-bond acceptors (Lipinski definition) is 3. The monoisotopic (exact) mass is 247 g/mol. The summed E-state index contributed by atoms with van der Waals surface area (Å²) < 4.78 is 26.7. The summed E-state index contributed by atoms with van der Waals surface area (Å²) in [5, 5.41) is 0.356. The maximum absolute atomic E-state index is 11.5. The van der Waals surface area contributed by atoms with Gasteiger partial charge in [-0.1, -0.05) is 11.6 Å². The third-order valence-corrected chi connectivity index (χ3v) is 4.03. The summed E-state index contributed by atoms with van der Waals surface area (Å²) in [6.45, 7) is 0.812. The molecule has 0 amide bonds. The number of nitrogens with zero attached hydrogens (tertiary/aromatic N) is 1. The molecule has 1 saturated heterocycles. The Labute approximate surface area is 93.0 Å². The van der Waals surface area contributed by atoms with Crippen LogP contribution in [0.25, 0.3) is 0 Å². The van der Waals surface area contributed by atoms with Crippen LogP contribution in [0.15, 0.2) is 18.2 Å². The Bertz CT molecular complexity index is 489. The molecule has 0 bridgehead atoms. The van der Waals surface area contributed by atoms with E-state index in [1.165, 1.54) is 4.31 Å². The third kappa shape index (κ3) is 1.88. The topological polar surface area (TPSA) is 75.4 Å². The number of anilines is 2. The van der Waals surface area contributed by atoms with Gasteiger partial charge in [-0.2, -0.15) is 13.1 Å². The summed E-state index contributed by atoms with van der Waals surface area (Å²) in [6.07, 6.45) is 0. The maximum atomic E-state index is 11.5. The van der Waals surface area contributed by atoms with Crippen molar-refractivity contribution in [3.8, 4) is 0 Å². The zero-order valence-corrected chi connectivity index (χ0v) is 9.35. The zero-order valence-electron chi connectivity index (χ0n) is 7.77. The average Bonchev–Trinajstić information content (AvgIpc) is 2.50. The van der Waals surface area contributed by atoms with Gasteiger partial charge in [0, 0.05) is 13.1 Å². The summed E-state index contributed by atoms with van der Waals surface area (Å²) in [7, 11) is -3.39. The minimum absolute atomic E-state index is 0.356. The lowest BCUT2D eigenvalue weighted by atomic mass is 10.3. The standard InChI is InChI=1S/C8H10ClN3O2S/c9-7-5-6(1-2-8(7)10)12-4-3-11-15(12,13)14/h1-2,5,11H,3-4,10H2. The summed E-state index contributed by atoms with van der Waals surface area (Å²) in [5.74, 6) is 0. The van der Waals surface area contributed by atoms with E-state index in [4.69, 9.17) is 17.3 Å². The summed E-state index contributed by atoms with van der Waals surface area (Å²) >= 11 is 5.82. The Hall–Kier alpha value is -0.980. The fraction of sp³-hybridized carbons (Fsp3) is 0.250. The van der Waals surface area contributed by atoms with E-state index in [1.807, 2.05) is 0 Å². The van der Waals surface area contributed by atoms with E-state index in [0.29, 0.717) is 29.5 Å². The van der Waals surface area contributed by atoms with Gasteiger partial charge >= 0.3 is 10.2 Å². The van der Waals surface area contributed by atoms with Crippen molar-refractivity contribution in [2.24, 2.45) is 0 Å². The quantitative estimate of drug-likeness (QED) is 0.713. The Kier molecular flexibility index (Phi) is 2.49. The van der Waals surface area contributed by atoms with Crippen LogP contribution in [0.2, 0.25) is 5.02 Å². The second-order valence-electron chi connectivity index (χ2n) is 3.18. The number of nitrogen functional groups attached to an aromatic ring is 1. The number of nitrogens with one attached hydrogen (secondary N) is 1. The highest BCUT2D eigenvalue weighted by molar-refractivity contribution is 7.91. The van der Waals surface area contributed by atoms with E-state index < -0.39 is 10.2 Å². The predicted molar refractivity (Wildman–Crippen MR) is 60.1 cm³/mol. The van der Waals surface area contributed by atoms with Gasteiger partial charge in [-0.3, -0.25) is 4.31 Å². The molecule has 7 heteroatoms. The molecule has 1 aromatic rings. The molecule has 1 aliphatic rings. The number of rotatable bonds is 1. The first-order valence-corrected chi connectivity index (χ1v) is 6.15. The van der Waals surface area contributed by atoms with Gasteiger partial charge in [0.05, 0.1) is 16.4 Å². The van der Waals surface area contributed by atoms with Crippen LogP contribution in [-0.2, 0) is 10.2 Å². The van der Waals surface area contributed by atoms with E-state index in [1.54, 1.807) is 18.2 Å². The molecule has 0 aliphatic carbocycles. The van der Waals surface area contributed by atoms with Crippen molar-refractivity contribution in [1.82, 2.24) is 4.72 Å². The van der Waals surface area contributed by atoms with Crippen LogP contribution in [0, 0.1) is 0 Å². The Morgan fingerprint density at radius 2 is 2.20 bits per heavy atom. The predicted octanol–water partition coefficient (Wildman–Crippen LogP) is 0.577. The average molecular weight is 248 g/mol. The van der Waals surface area contributed by atoms with Crippen molar-refractivity contribution in [1.29, 1.82) is 0 Å². The summed E-state index contributed by atoms with van der Waals surface area (Å²) in [5.41, 5.74) is 6.50. The second-order valence-corrected chi connectivity index (χ2v) is 5.26. The van der Waals surface area contributed by atoms with Gasteiger partial charge < -0.3 is 5.73 Å². The molecule has 1 heterocycles. The molecule has 0 spiro atoms. The Morgan fingerprint density at radius 1 is 1.47 bits per heavy atom. The van der Waals surface area contributed by atoms with Gasteiger partial charge in [0.25, 0.3) is 0 Å². The molecular weight excluding hydrogens is 238 g/mol. The van der Waals surface area contributed by atoms with Crippen molar-refractivity contribution in [2.75, 3.05) is 23.1 Å². The van der Waals surface area contributed by atoms with Crippen LogP contribution >= 0.6 is 11.6 Å². The molecule has 1 fully saturated rings. The van der Waals surface area contributed by atoms with Crippen LogP contribution in [0.1, 0.15) is 0 Å². The van der Waals surface area contributed by atoms with Gasteiger partial charge in [-0.15, -0.1) is 0 Å². The van der Waals surface area contributed by atoms with Crippen LogP contribution in [0.3, 0.4) is 0 Å². The molecular formula is C8H10ClN3O2S. The van der Waals surface area contributed by atoms with Crippen molar-refractivity contribution < 1.29 is 8.42 Å². The van der Waals surface area contributed by atoms with Crippen LogP contribution in [-0.4, -0.2) is 21.5 Å². The van der Waals surface area contributed by atoms with Gasteiger partial charge in [-0.05, 0) is 18.2 Å². The van der Waals surface area contributed by atoms with Gasteiger partial charge in [-0.25, -0.2) is 0 Å². The molecule has 0 atom stereocenters. The molecule has 3 N–H and O–H groups in total. The minimum atomic E-state index is -3.39. The first-order valence-electron chi connectivity index (χ1n) is 4.33. The minimum Gasteiger partial charge on any atom is -0.398 e. The van der Waals surface area contributed by atoms with Crippen molar-refractivity contribution in [3.63, 3.8) is 0 Å². The molecule has 82 valence electrons. The highest BCUT2D eigenvalue weighted by Crippen LogP contribution is 2.27. The zero-order chi connectivity index (χ0) is 11.1. The van der Waals surface area contributed by atoms with E-state index >= 15 is 0 Å². The molecule has 0 radical (unpaired) electrons. The Balaban J connectivity index is 2.42. The molecule has 1 aliphatic heterocycles. The lowest BCUT2D eigenvalue weighted by Gasteiger charge is -2.16. The highest BCUT2D eigenvalue weighted by atomic mass is 35.5. The van der Waals surface area contributed by atoms with Crippen molar-refractivity contribution in [2.45, 2.75) is 0 Å². The molecule has 1 aromatic carbocycles. The highest BCUT2D eigenvalue weighted by Gasteiger charge is 2.27. The number of nitrogens with two attached hydrogens (primary N) is 1. The first-order chi connectivity index (χ1) is 7.00. The molecule has 5 nitrogen and oxygen atoms in total. The van der Waals surface area contributed by atoms with E-state index in [2.05, 4.69) is 4.72 Å². The number of benzene rings is 1. The maximum Gasteiger partial charge on any atom is 0.301 e. The van der Waals surface area contributed by atoms with Gasteiger partial charge in [0.15, 0.2) is 0 Å². The van der Waals surface area contributed by atoms with Crippen LogP contribution < -0.4 is 14.8 Å². The van der Waals surface area contributed by atoms with Crippen LogP contribution in [0.4, 0.5) is 11.4 Å². The largest absolute Gasteiger partial charge is 0.398 e. The smallest absolute Gasteiger partial charge is 0.301 e. The van der Waals surface area contributed by atoms with Gasteiger partial charge in [0.1, 0.15) is 0 Å². The van der Waals surface area contributed by atoms with Crippen LogP contribution in [0.5, 0.6) is 0 Å². The summed E-state index contributed by atoms with van der Waals surface area (Å²) in [6, 6.07) is 4.76. The normalized spacial score (nSPS) is 19.4. The molecule has 2 rings (SSSR count). The van der Waals surface area contributed by atoms with E-state index in [9.17, 15) is 8.42 Å². The molecule has 0 aromatic heterocycles. The lowest BCUT2D eigenvalue weighted by Crippen LogP contribution is -2.29. The number of halogens is 1. The van der Waals surface area contributed by atoms with E-state index in [-0.39, 0.29) is 0 Å². The van der Waals surface area contributed by atoms with Crippen molar-refractivity contribution in [3.05, 3.63) is 23.2 Å². The lowest BCUT2D eigenvalue weighted by molar-refractivity contribution is 0.592. The SMILES string of the molecule is Nc1ccc(N2CCNS2(=O)=O)cc1Cl. The fourth-order valence-electron chi connectivity index (χ4n) is 1.41. The molecule has 0 unspecified atom stereocenters. The molecule has 0 saturated carbocycles. The van der Waals surface area contributed by atoms with Crippen molar-refractivity contribution >= 4 is 33.2 Å². The summed E-state index contributed by atoms with van der Waals surface area (Å²) in [4.78, 5) is 0. The fourth-order valence-corrected chi connectivity index (χ4v) is 2.82. The molecule has 15 heavy (non-hydrogen) atoms. The Morgan fingerprint density at radius 3 is 2.73 bits per heavy atom. The van der Waals surface area contributed by atoms with E-state index in [0.717, 1.165) is 0 Å².